The summed E-state index contributed by atoms with van der Waals surface area (Å²) in [5.74, 6) is -3.76. The fourth-order valence-corrected chi connectivity index (χ4v) is 5.45. The van der Waals surface area contributed by atoms with E-state index >= 15 is 0 Å². The molecule has 0 bridgehead atoms. The van der Waals surface area contributed by atoms with Crippen molar-refractivity contribution in [3.63, 3.8) is 0 Å². The third kappa shape index (κ3) is 6.00. The number of primary amides is 1. The van der Waals surface area contributed by atoms with Gasteiger partial charge in [-0.1, -0.05) is 0 Å². The molecule has 13 heteroatoms. The number of likely N-dealkylation sites (tertiary alicyclic amines) is 1. The number of carbonyl (C=O) groups excluding carboxylic acids is 3. The van der Waals surface area contributed by atoms with Crippen LogP contribution in [0.4, 0.5) is 26.3 Å². The number of thiophene rings is 1. The maximum atomic E-state index is 13.4. The summed E-state index contributed by atoms with van der Waals surface area (Å²) >= 11 is 1.35. The van der Waals surface area contributed by atoms with Gasteiger partial charge >= 0.3 is 24.2 Å². The van der Waals surface area contributed by atoms with Gasteiger partial charge in [0.2, 0.25) is 5.91 Å². The fraction of sp³-hybridized carbons (Fsp3) is 0.435. The van der Waals surface area contributed by atoms with E-state index in [4.69, 9.17) is 5.73 Å². The quantitative estimate of drug-likeness (QED) is 0.471. The number of amides is 3. The molecule has 1 aromatic heterocycles. The SMILES string of the molecule is Cc1ccsc1[C@H]1CN(C(=O)C(N)=O)CC[C@@H]1C(=O)N(C)Cc1cc(C(F)(F)F)cc(C(F)(F)F)c1. The summed E-state index contributed by atoms with van der Waals surface area (Å²) in [6.07, 6.45) is -9.86. The van der Waals surface area contributed by atoms with Gasteiger partial charge in [-0.3, -0.25) is 14.4 Å². The molecule has 2 atom stereocenters. The van der Waals surface area contributed by atoms with Crippen LogP contribution in [-0.4, -0.2) is 47.7 Å². The summed E-state index contributed by atoms with van der Waals surface area (Å²) in [6, 6.07) is 3.04. The van der Waals surface area contributed by atoms with Gasteiger partial charge in [0.15, 0.2) is 0 Å². The normalized spacial score (nSPS) is 18.7. The highest BCUT2D eigenvalue weighted by molar-refractivity contribution is 7.10. The van der Waals surface area contributed by atoms with Gasteiger partial charge in [-0.05, 0) is 54.1 Å². The van der Waals surface area contributed by atoms with E-state index < -0.39 is 59.6 Å². The number of hydrogen-bond donors (Lipinski definition) is 1. The molecule has 3 amide bonds. The number of rotatable bonds is 4. The Bertz CT molecular complexity index is 1130. The molecule has 6 nitrogen and oxygen atoms in total. The largest absolute Gasteiger partial charge is 0.416 e. The smallest absolute Gasteiger partial charge is 0.361 e. The molecule has 2 N–H and O–H groups in total. The van der Waals surface area contributed by atoms with Crippen molar-refractivity contribution >= 4 is 29.1 Å². The summed E-state index contributed by atoms with van der Waals surface area (Å²) in [4.78, 5) is 40.0. The zero-order valence-electron chi connectivity index (χ0n) is 19.2. The van der Waals surface area contributed by atoms with Gasteiger partial charge in [-0.2, -0.15) is 26.3 Å². The lowest BCUT2D eigenvalue weighted by Crippen LogP contribution is -2.50. The van der Waals surface area contributed by atoms with Crippen LogP contribution in [0.3, 0.4) is 0 Å². The average molecular weight is 536 g/mol. The van der Waals surface area contributed by atoms with Gasteiger partial charge in [-0.15, -0.1) is 11.3 Å². The Morgan fingerprint density at radius 3 is 2.14 bits per heavy atom. The maximum Gasteiger partial charge on any atom is 0.416 e. The topological polar surface area (TPSA) is 83.7 Å². The van der Waals surface area contributed by atoms with Crippen molar-refractivity contribution in [2.45, 2.75) is 38.2 Å². The second-order valence-corrected chi connectivity index (χ2v) is 9.64. The number of benzene rings is 1. The van der Waals surface area contributed by atoms with Crippen molar-refractivity contribution in [1.29, 1.82) is 0 Å². The van der Waals surface area contributed by atoms with Gasteiger partial charge in [0.05, 0.1) is 11.1 Å². The summed E-state index contributed by atoms with van der Waals surface area (Å²) in [5, 5.41) is 1.80. The van der Waals surface area contributed by atoms with Crippen LogP contribution in [0, 0.1) is 12.8 Å². The molecule has 1 aromatic carbocycles. The second-order valence-electron chi connectivity index (χ2n) is 8.69. The molecule has 2 aromatic rings. The zero-order valence-corrected chi connectivity index (χ0v) is 20.1. The van der Waals surface area contributed by atoms with Crippen LogP contribution in [0.25, 0.3) is 0 Å². The fourth-order valence-electron chi connectivity index (χ4n) is 4.36. The Labute approximate surface area is 206 Å². The number of hydrogen-bond acceptors (Lipinski definition) is 4. The summed E-state index contributed by atoms with van der Waals surface area (Å²) < 4.78 is 79.3. The zero-order chi connectivity index (χ0) is 27.0. The molecule has 0 radical (unpaired) electrons. The Morgan fingerprint density at radius 1 is 1.08 bits per heavy atom. The molecule has 3 rings (SSSR count). The number of halogens is 6. The summed E-state index contributed by atoms with van der Waals surface area (Å²) in [7, 11) is 1.30. The lowest BCUT2D eigenvalue weighted by molar-refractivity contribution is -0.147. The predicted octanol–water partition coefficient (Wildman–Crippen LogP) is 4.17. The van der Waals surface area contributed by atoms with Gasteiger partial charge in [-0.25, -0.2) is 0 Å². The van der Waals surface area contributed by atoms with Gasteiger partial charge < -0.3 is 15.5 Å². The first-order valence-corrected chi connectivity index (χ1v) is 11.6. The van der Waals surface area contributed by atoms with Crippen LogP contribution >= 0.6 is 11.3 Å². The van der Waals surface area contributed by atoms with Crippen molar-refractivity contribution in [3.8, 4) is 0 Å². The highest BCUT2D eigenvalue weighted by Crippen LogP contribution is 2.39. The molecule has 0 unspecified atom stereocenters. The lowest BCUT2D eigenvalue weighted by Gasteiger charge is -2.39. The molecule has 36 heavy (non-hydrogen) atoms. The summed E-state index contributed by atoms with van der Waals surface area (Å²) in [6.45, 7) is 1.40. The Morgan fingerprint density at radius 2 is 1.67 bits per heavy atom. The van der Waals surface area contributed by atoms with Crippen molar-refractivity contribution in [2.75, 3.05) is 20.1 Å². The van der Waals surface area contributed by atoms with Crippen LogP contribution in [0.2, 0.25) is 0 Å². The van der Waals surface area contributed by atoms with Crippen molar-refractivity contribution < 1.29 is 40.7 Å². The van der Waals surface area contributed by atoms with Crippen LogP contribution in [0.15, 0.2) is 29.6 Å². The number of aryl methyl sites for hydroxylation is 1. The molecule has 1 saturated heterocycles. The van der Waals surface area contributed by atoms with Gasteiger partial charge in [0.25, 0.3) is 0 Å². The van der Waals surface area contributed by atoms with Gasteiger partial charge in [0.1, 0.15) is 0 Å². The Balaban J connectivity index is 1.89. The van der Waals surface area contributed by atoms with E-state index in [1.807, 2.05) is 13.0 Å². The van der Waals surface area contributed by atoms with Crippen molar-refractivity contribution in [2.24, 2.45) is 11.7 Å². The van der Waals surface area contributed by atoms with E-state index in [1.165, 1.54) is 23.3 Å². The van der Waals surface area contributed by atoms with E-state index in [2.05, 4.69) is 0 Å². The van der Waals surface area contributed by atoms with Crippen LogP contribution < -0.4 is 5.73 Å². The lowest BCUT2D eigenvalue weighted by atomic mass is 9.82. The monoisotopic (exact) mass is 535 g/mol. The van der Waals surface area contributed by atoms with E-state index in [-0.39, 0.29) is 31.1 Å². The minimum absolute atomic E-state index is 0.0230. The first-order chi connectivity index (χ1) is 16.6. The highest BCUT2D eigenvalue weighted by Gasteiger charge is 2.41. The van der Waals surface area contributed by atoms with Crippen LogP contribution in [0.5, 0.6) is 0 Å². The number of carbonyl (C=O) groups is 3. The molecule has 2 heterocycles. The van der Waals surface area contributed by atoms with E-state index in [1.54, 1.807) is 5.38 Å². The van der Waals surface area contributed by atoms with E-state index in [0.717, 1.165) is 15.3 Å². The number of nitrogens with two attached hydrogens (primary N) is 1. The maximum absolute atomic E-state index is 13.4. The Hall–Kier alpha value is -3.09. The number of alkyl halides is 6. The molecule has 0 saturated carbocycles. The highest BCUT2D eigenvalue weighted by atomic mass is 32.1. The number of piperidine rings is 1. The molecule has 1 aliphatic rings. The molecule has 0 aliphatic carbocycles. The molecular weight excluding hydrogens is 512 g/mol. The first kappa shape index (κ1) is 27.5. The average Bonchev–Trinajstić information content (AvgIpc) is 3.21. The van der Waals surface area contributed by atoms with Crippen LogP contribution in [-0.2, 0) is 33.3 Å². The van der Waals surface area contributed by atoms with Crippen molar-refractivity contribution in [1.82, 2.24) is 9.80 Å². The van der Waals surface area contributed by atoms with Crippen molar-refractivity contribution in [3.05, 3.63) is 56.8 Å². The third-order valence-electron chi connectivity index (χ3n) is 6.11. The predicted molar refractivity (Wildman–Crippen MR) is 119 cm³/mol. The summed E-state index contributed by atoms with van der Waals surface area (Å²) in [5.41, 5.74) is 2.72. The number of nitrogens with zero attached hydrogens (tertiary/aromatic N) is 2. The second kappa shape index (κ2) is 10.1. The minimum atomic E-state index is -5.00. The first-order valence-electron chi connectivity index (χ1n) is 10.8. The molecule has 1 aliphatic heterocycles. The molecule has 196 valence electrons. The standard InChI is InChI=1S/C23H23F6N3O3S/c1-12-4-6-36-18(12)17-11-32(21(35)19(30)33)5-3-16(17)20(34)31(2)10-13-7-14(22(24,25)26)9-15(8-13)23(27,28)29/h4,6-9,16-17H,3,5,10-11H2,1-2H3,(H2,30,33)/t16-,17-/m0/s1. The molecule has 0 spiro atoms. The minimum Gasteiger partial charge on any atom is -0.361 e. The Kier molecular flexibility index (Phi) is 7.72. The van der Waals surface area contributed by atoms with Gasteiger partial charge in [0, 0.05) is 43.4 Å². The van der Waals surface area contributed by atoms with E-state index in [0.29, 0.717) is 12.1 Å². The molecular formula is C23H23F6N3O3S. The third-order valence-corrected chi connectivity index (χ3v) is 7.26. The van der Waals surface area contributed by atoms with E-state index in [9.17, 15) is 40.7 Å². The van der Waals surface area contributed by atoms with Crippen LogP contribution in [0.1, 0.15) is 39.5 Å². The molecule has 1 fully saturated rings.